The molecule has 2 heterocycles. The zero-order valence-corrected chi connectivity index (χ0v) is 12.5. The molecule has 1 fully saturated rings. The van der Waals surface area contributed by atoms with Crippen molar-refractivity contribution in [2.75, 3.05) is 13.1 Å². The van der Waals surface area contributed by atoms with Crippen LogP contribution >= 0.6 is 0 Å². The van der Waals surface area contributed by atoms with Gasteiger partial charge in [0.05, 0.1) is 11.5 Å². The molecule has 0 spiro atoms. The molecule has 2 amide bonds. The monoisotopic (exact) mass is 316 g/mol. The molecule has 2 N–H and O–H groups in total. The van der Waals surface area contributed by atoms with Crippen molar-refractivity contribution in [1.29, 1.82) is 0 Å². The molecular weight excluding hydrogens is 299 g/mol. The van der Waals surface area contributed by atoms with Gasteiger partial charge in [0.15, 0.2) is 5.76 Å². The summed E-state index contributed by atoms with van der Waals surface area (Å²) in [7, 11) is 0. The maximum Gasteiger partial charge on any atom is 0.289 e. The van der Waals surface area contributed by atoms with Gasteiger partial charge in [0, 0.05) is 13.1 Å². The molecule has 1 unspecified atom stereocenters. The molecule has 0 aliphatic carbocycles. The average Bonchev–Trinajstić information content (AvgIpc) is 3.04. The van der Waals surface area contributed by atoms with E-state index in [-0.39, 0.29) is 17.6 Å². The molecule has 120 valence electrons. The molecule has 1 aromatic heterocycles. The highest BCUT2D eigenvalue weighted by atomic mass is 19.1. The predicted octanol–water partition coefficient (Wildman–Crippen LogP) is 2.42. The second-order valence-electron chi connectivity index (χ2n) is 5.64. The van der Waals surface area contributed by atoms with E-state index in [9.17, 15) is 14.0 Å². The Hall–Kier alpha value is -2.63. The third kappa shape index (κ3) is 3.11. The van der Waals surface area contributed by atoms with Crippen LogP contribution in [0.5, 0.6) is 0 Å². The Morgan fingerprint density at radius 2 is 2.00 bits per heavy atom. The minimum atomic E-state index is -0.410. The molecule has 1 atom stereocenters. The lowest BCUT2D eigenvalue weighted by molar-refractivity contribution is -0.123. The molecule has 0 saturated carbocycles. The van der Waals surface area contributed by atoms with E-state index in [2.05, 4.69) is 0 Å². The number of carbonyl (C=O) groups is 2. The maximum absolute atomic E-state index is 13.8. The molecule has 1 saturated heterocycles. The van der Waals surface area contributed by atoms with Crippen molar-refractivity contribution >= 4 is 11.8 Å². The van der Waals surface area contributed by atoms with Crippen molar-refractivity contribution < 1.29 is 18.4 Å². The number of halogens is 1. The van der Waals surface area contributed by atoms with Crippen LogP contribution in [0.2, 0.25) is 0 Å². The minimum Gasteiger partial charge on any atom is -0.451 e. The first-order valence-corrected chi connectivity index (χ1v) is 7.49. The highest BCUT2D eigenvalue weighted by Gasteiger charge is 2.29. The summed E-state index contributed by atoms with van der Waals surface area (Å²) in [6.07, 6.45) is 1.41. The largest absolute Gasteiger partial charge is 0.451 e. The van der Waals surface area contributed by atoms with Gasteiger partial charge in [-0.3, -0.25) is 9.59 Å². The normalized spacial score (nSPS) is 18.0. The Balaban J connectivity index is 1.79. The van der Waals surface area contributed by atoms with Gasteiger partial charge in [0.25, 0.3) is 5.91 Å². The smallest absolute Gasteiger partial charge is 0.289 e. The summed E-state index contributed by atoms with van der Waals surface area (Å²) in [4.78, 5) is 25.3. The van der Waals surface area contributed by atoms with Crippen molar-refractivity contribution in [3.8, 4) is 11.3 Å². The van der Waals surface area contributed by atoms with Gasteiger partial charge < -0.3 is 15.1 Å². The molecule has 0 radical (unpaired) electrons. The third-order valence-corrected chi connectivity index (χ3v) is 4.07. The van der Waals surface area contributed by atoms with Gasteiger partial charge in [-0.15, -0.1) is 0 Å². The van der Waals surface area contributed by atoms with Crippen LogP contribution in [0, 0.1) is 11.7 Å². The average molecular weight is 316 g/mol. The van der Waals surface area contributed by atoms with E-state index < -0.39 is 11.7 Å². The van der Waals surface area contributed by atoms with E-state index >= 15 is 0 Å². The SMILES string of the molecule is NC(=O)C1CCCN(C(=O)c2ccc(-c3ccccc3F)o2)C1. The molecule has 23 heavy (non-hydrogen) atoms. The first-order chi connectivity index (χ1) is 11.1. The molecule has 1 aromatic carbocycles. The van der Waals surface area contributed by atoms with Crippen LogP contribution in [0.15, 0.2) is 40.8 Å². The first kappa shape index (κ1) is 15.3. The summed E-state index contributed by atoms with van der Waals surface area (Å²) >= 11 is 0. The van der Waals surface area contributed by atoms with E-state index in [0.717, 1.165) is 6.42 Å². The summed E-state index contributed by atoms with van der Waals surface area (Å²) in [6.45, 7) is 0.849. The molecule has 5 nitrogen and oxygen atoms in total. The number of primary amides is 1. The van der Waals surface area contributed by atoms with Crippen LogP contribution in [0.25, 0.3) is 11.3 Å². The Morgan fingerprint density at radius 3 is 2.74 bits per heavy atom. The van der Waals surface area contributed by atoms with E-state index in [1.807, 2.05) is 0 Å². The van der Waals surface area contributed by atoms with Gasteiger partial charge in [0.2, 0.25) is 5.91 Å². The fraction of sp³-hybridized carbons (Fsp3) is 0.294. The van der Waals surface area contributed by atoms with E-state index in [0.29, 0.717) is 30.8 Å². The minimum absolute atomic E-state index is 0.133. The Bertz CT molecular complexity index is 741. The predicted molar refractivity (Wildman–Crippen MR) is 81.9 cm³/mol. The maximum atomic E-state index is 13.8. The second-order valence-corrected chi connectivity index (χ2v) is 5.64. The molecule has 0 bridgehead atoms. The summed E-state index contributed by atoms with van der Waals surface area (Å²) in [6, 6.07) is 9.31. The number of hydrogen-bond acceptors (Lipinski definition) is 3. The highest BCUT2D eigenvalue weighted by Crippen LogP contribution is 2.26. The molecule has 6 heteroatoms. The zero-order chi connectivity index (χ0) is 16.4. The van der Waals surface area contributed by atoms with Crippen LogP contribution in [-0.2, 0) is 4.79 Å². The second kappa shape index (κ2) is 6.24. The zero-order valence-electron chi connectivity index (χ0n) is 12.5. The van der Waals surface area contributed by atoms with Crippen LogP contribution in [0.4, 0.5) is 4.39 Å². The lowest BCUT2D eigenvalue weighted by atomic mass is 9.97. The molecule has 1 aliphatic rings. The van der Waals surface area contributed by atoms with Crippen molar-refractivity contribution in [1.82, 2.24) is 4.90 Å². The molecule has 2 aromatic rings. The fourth-order valence-electron chi connectivity index (χ4n) is 2.81. The fourth-order valence-corrected chi connectivity index (χ4v) is 2.81. The number of hydrogen-bond donors (Lipinski definition) is 1. The Kier molecular flexibility index (Phi) is 4.14. The highest BCUT2D eigenvalue weighted by molar-refractivity contribution is 5.92. The number of rotatable bonds is 3. The topological polar surface area (TPSA) is 76.5 Å². The van der Waals surface area contributed by atoms with Gasteiger partial charge in [0.1, 0.15) is 11.6 Å². The van der Waals surface area contributed by atoms with Gasteiger partial charge in [-0.25, -0.2) is 4.39 Å². The number of amides is 2. The Labute approximate surface area is 132 Å². The molecular formula is C17H17FN2O3. The van der Waals surface area contributed by atoms with E-state index in [4.69, 9.17) is 10.2 Å². The lowest BCUT2D eigenvalue weighted by Gasteiger charge is -2.30. The number of furan rings is 1. The van der Waals surface area contributed by atoms with Crippen molar-refractivity contribution in [3.63, 3.8) is 0 Å². The summed E-state index contributed by atoms with van der Waals surface area (Å²) < 4.78 is 19.3. The van der Waals surface area contributed by atoms with Gasteiger partial charge in [-0.2, -0.15) is 0 Å². The van der Waals surface area contributed by atoms with E-state index in [1.54, 1.807) is 29.2 Å². The van der Waals surface area contributed by atoms with Gasteiger partial charge in [-0.1, -0.05) is 12.1 Å². The summed E-state index contributed by atoms with van der Waals surface area (Å²) in [5.74, 6) is -1.00. The van der Waals surface area contributed by atoms with Crippen molar-refractivity contribution in [3.05, 3.63) is 48.0 Å². The van der Waals surface area contributed by atoms with Gasteiger partial charge >= 0.3 is 0 Å². The number of benzene rings is 1. The third-order valence-electron chi connectivity index (χ3n) is 4.07. The number of nitrogens with zero attached hydrogens (tertiary/aromatic N) is 1. The quantitative estimate of drug-likeness (QED) is 0.944. The number of likely N-dealkylation sites (tertiary alicyclic amines) is 1. The van der Waals surface area contributed by atoms with Crippen LogP contribution < -0.4 is 5.73 Å². The Morgan fingerprint density at radius 1 is 1.22 bits per heavy atom. The van der Waals surface area contributed by atoms with E-state index in [1.165, 1.54) is 12.1 Å². The molecule has 1 aliphatic heterocycles. The number of carbonyl (C=O) groups excluding carboxylic acids is 2. The van der Waals surface area contributed by atoms with Crippen LogP contribution in [-0.4, -0.2) is 29.8 Å². The van der Waals surface area contributed by atoms with Crippen molar-refractivity contribution in [2.45, 2.75) is 12.8 Å². The lowest BCUT2D eigenvalue weighted by Crippen LogP contribution is -2.44. The summed E-state index contributed by atoms with van der Waals surface area (Å²) in [5.41, 5.74) is 5.63. The standard InChI is InChI=1S/C17H17FN2O3/c18-13-6-2-1-5-12(13)14-7-8-15(23-14)17(22)20-9-3-4-11(10-20)16(19)21/h1-2,5-8,11H,3-4,9-10H2,(H2,19,21). The summed E-state index contributed by atoms with van der Waals surface area (Å²) in [5, 5.41) is 0. The van der Waals surface area contributed by atoms with Crippen molar-refractivity contribution in [2.24, 2.45) is 11.7 Å². The number of nitrogens with two attached hydrogens (primary N) is 1. The van der Waals surface area contributed by atoms with Crippen LogP contribution in [0.1, 0.15) is 23.4 Å². The molecule has 3 rings (SSSR count). The first-order valence-electron chi connectivity index (χ1n) is 7.49. The van der Waals surface area contributed by atoms with Crippen LogP contribution in [0.3, 0.4) is 0 Å². The number of piperidine rings is 1. The van der Waals surface area contributed by atoms with Gasteiger partial charge in [-0.05, 0) is 37.1 Å².